The van der Waals surface area contributed by atoms with Crippen molar-refractivity contribution in [3.8, 4) is 0 Å². The van der Waals surface area contributed by atoms with Gasteiger partial charge < -0.3 is 10.6 Å². The van der Waals surface area contributed by atoms with E-state index in [0.29, 0.717) is 17.8 Å². The van der Waals surface area contributed by atoms with Gasteiger partial charge >= 0.3 is 0 Å². The van der Waals surface area contributed by atoms with Crippen molar-refractivity contribution in [3.05, 3.63) is 58.3 Å². The van der Waals surface area contributed by atoms with Crippen LogP contribution >= 0.6 is 15.9 Å². The molecule has 18 heavy (non-hydrogen) atoms. The number of rotatable bonds is 3. The molecular weight excluding hydrogens is 295 g/mol. The number of anilines is 2. The summed E-state index contributed by atoms with van der Waals surface area (Å²) in [6.45, 7) is 0.509. The third kappa shape index (κ3) is 2.82. The van der Waals surface area contributed by atoms with E-state index in [9.17, 15) is 4.39 Å². The fourth-order valence-electron chi connectivity index (χ4n) is 1.80. The Morgan fingerprint density at radius 2 is 1.94 bits per heavy atom. The van der Waals surface area contributed by atoms with Gasteiger partial charge in [-0.2, -0.15) is 0 Å². The Bertz CT molecular complexity index is 557. The highest BCUT2D eigenvalue weighted by Gasteiger charge is 2.09. The number of hydrogen-bond acceptors (Lipinski definition) is 2. The molecule has 2 nitrogen and oxygen atoms in total. The smallest absolute Gasteiger partial charge is 0.128 e. The molecule has 0 fully saturated rings. The summed E-state index contributed by atoms with van der Waals surface area (Å²) in [5, 5.41) is 0. The summed E-state index contributed by atoms with van der Waals surface area (Å²) in [6.07, 6.45) is 0. The van der Waals surface area contributed by atoms with E-state index >= 15 is 0 Å². The standard InChI is InChI=1S/C14H14BrFN2/c1-18(9-10-4-2-3-5-13(10)16)14-7-6-11(17)8-12(14)15/h2-8H,9,17H2,1H3. The second kappa shape index (κ2) is 5.40. The molecule has 2 N–H and O–H groups in total. The molecule has 94 valence electrons. The first-order chi connectivity index (χ1) is 8.58. The maximum absolute atomic E-state index is 13.6. The van der Waals surface area contributed by atoms with Crippen LogP contribution < -0.4 is 10.6 Å². The van der Waals surface area contributed by atoms with Gasteiger partial charge in [-0.25, -0.2) is 4.39 Å². The van der Waals surface area contributed by atoms with Crippen LogP contribution in [0.25, 0.3) is 0 Å². The van der Waals surface area contributed by atoms with Crippen LogP contribution in [0.3, 0.4) is 0 Å². The van der Waals surface area contributed by atoms with Crippen molar-refractivity contribution in [2.75, 3.05) is 17.7 Å². The highest BCUT2D eigenvalue weighted by Crippen LogP contribution is 2.28. The minimum Gasteiger partial charge on any atom is -0.399 e. The first-order valence-corrected chi connectivity index (χ1v) is 6.37. The number of nitrogen functional groups attached to an aromatic ring is 1. The van der Waals surface area contributed by atoms with E-state index < -0.39 is 0 Å². The van der Waals surface area contributed by atoms with Gasteiger partial charge in [-0.05, 0) is 40.2 Å². The summed E-state index contributed by atoms with van der Waals surface area (Å²) in [5.74, 6) is -0.184. The average molecular weight is 309 g/mol. The Morgan fingerprint density at radius 3 is 2.61 bits per heavy atom. The fourth-order valence-corrected chi connectivity index (χ4v) is 2.50. The third-order valence-electron chi connectivity index (χ3n) is 2.75. The molecule has 2 aromatic rings. The lowest BCUT2D eigenvalue weighted by atomic mass is 10.2. The summed E-state index contributed by atoms with van der Waals surface area (Å²) >= 11 is 3.46. The second-order valence-electron chi connectivity index (χ2n) is 4.16. The van der Waals surface area contributed by atoms with Gasteiger partial charge in [-0.1, -0.05) is 18.2 Å². The molecule has 2 aromatic carbocycles. The van der Waals surface area contributed by atoms with Crippen molar-refractivity contribution in [3.63, 3.8) is 0 Å². The summed E-state index contributed by atoms with van der Waals surface area (Å²) in [4.78, 5) is 1.97. The molecule has 0 bridgehead atoms. The molecule has 0 unspecified atom stereocenters. The molecule has 0 aliphatic carbocycles. The Labute approximate surface area is 114 Å². The summed E-state index contributed by atoms with van der Waals surface area (Å²) in [6, 6.07) is 12.4. The van der Waals surface area contributed by atoms with E-state index in [-0.39, 0.29) is 5.82 Å². The van der Waals surface area contributed by atoms with Gasteiger partial charge in [0.25, 0.3) is 0 Å². The number of hydrogen-bond donors (Lipinski definition) is 1. The third-order valence-corrected chi connectivity index (χ3v) is 3.38. The molecule has 0 atom stereocenters. The van der Waals surface area contributed by atoms with Crippen molar-refractivity contribution >= 4 is 27.3 Å². The lowest BCUT2D eigenvalue weighted by molar-refractivity contribution is 0.608. The summed E-state index contributed by atoms with van der Waals surface area (Å²) in [7, 11) is 1.92. The predicted octanol–water partition coefficient (Wildman–Crippen LogP) is 3.81. The predicted molar refractivity (Wildman–Crippen MR) is 77.1 cm³/mol. The molecular formula is C14H14BrFN2. The first kappa shape index (κ1) is 12.9. The van der Waals surface area contributed by atoms with E-state index in [1.54, 1.807) is 12.1 Å². The Balaban J connectivity index is 2.22. The van der Waals surface area contributed by atoms with Crippen LogP contribution in [-0.2, 0) is 6.54 Å². The van der Waals surface area contributed by atoms with E-state index in [1.165, 1.54) is 6.07 Å². The minimum atomic E-state index is -0.184. The number of halogens is 2. The molecule has 2 rings (SSSR count). The van der Waals surface area contributed by atoms with Crippen molar-refractivity contribution in [1.29, 1.82) is 0 Å². The molecule has 4 heteroatoms. The first-order valence-electron chi connectivity index (χ1n) is 5.57. The van der Waals surface area contributed by atoms with Crippen molar-refractivity contribution in [1.82, 2.24) is 0 Å². The van der Waals surface area contributed by atoms with Gasteiger partial charge in [0.1, 0.15) is 5.82 Å². The van der Waals surface area contributed by atoms with Gasteiger partial charge in [0, 0.05) is 29.3 Å². The molecule has 0 saturated carbocycles. The normalized spacial score (nSPS) is 10.4. The highest BCUT2D eigenvalue weighted by atomic mass is 79.9. The average Bonchev–Trinajstić information content (AvgIpc) is 2.32. The molecule has 0 aliphatic rings. The summed E-state index contributed by atoms with van der Waals surface area (Å²) in [5.41, 5.74) is 8.04. The van der Waals surface area contributed by atoms with Gasteiger partial charge in [0.15, 0.2) is 0 Å². The Morgan fingerprint density at radius 1 is 1.22 bits per heavy atom. The lowest BCUT2D eigenvalue weighted by Gasteiger charge is -2.21. The zero-order valence-electron chi connectivity index (χ0n) is 10.0. The fraction of sp³-hybridized carbons (Fsp3) is 0.143. The topological polar surface area (TPSA) is 29.3 Å². The van der Waals surface area contributed by atoms with E-state index in [0.717, 1.165) is 10.2 Å². The molecule has 0 aromatic heterocycles. The van der Waals surface area contributed by atoms with Gasteiger partial charge in [-0.3, -0.25) is 0 Å². The molecule has 0 heterocycles. The molecule has 0 aliphatic heterocycles. The number of benzene rings is 2. The quantitative estimate of drug-likeness (QED) is 0.874. The van der Waals surface area contributed by atoms with E-state index in [1.807, 2.05) is 36.2 Å². The maximum atomic E-state index is 13.6. The van der Waals surface area contributed by atoms with E-state index in [2.05, 4.69) is 15.9 Å². The van der Waals surface area contributed by atoms with Crippen LogP contribution in [-0.4, -0.2) is 7.05 Å². The molecule has 0 spiro atoms. The highest BCUT2D eigenvalue weighted by molar-refractivity contribution is 9.10. The van der Waals surface area contributed by atoms with Crippen LogP contribution in [0, 0.1) is 5.82 Å². The SMILES string of the molecule is CN(Cc1ccccc1F)c1ccc(N)cc1Br. The maximum Gasteiger partial charge on any atom is 0.128 e. The molecule has 0 saturated heterocycles. The lowest BCUT2D eigenvalue weighted by Crippen LogP contribution is -2.17. The zero-order chi connectivity index (χ0) is 13.1. The van der Waals surface area contributed by atoms with Crippen LogP contribution in [0.1, 0.15) is 5.56 Å². The van der Waals surface area contributed by atoms with Gasteiger partial charge in [0.2, 0.25) is 0 Å². The zero-order valence-corrected chi connectivity index (χ0v) is 11.6. The second-order valence-corrected chi connectivity index (χ2v) is 5.01. The number of nitrogens with two attached hydrogens (primary N) is 1. The molecule has 0 amide bonds. The Kier molecular flexibility index (Phi) is 3.87. The number of nitrogens with zero attached hydrogens (tertiary/aromatic N) is 1. The van der Waals surface area contributed by atoms with Crippen LogP contribution in [0.2, 0.25) is 0 Å². The monoisotopic (exact) mass is 308 g/mol. The van der Waals surface area contributed by atoms with Crippen molar-refractivity contribution in [2.24, 2.45) is 0 Å². The van der Waals surface area contributed by atoms with Crippen LogP contribution in [0.5, 0.6) is 0 Å². The van der Waals surface area contributed by atoms with Crippen LogP contribution in [0.4, 0.5) is 15.8 Å². The molecule has 0 radical (unpaired) electrons. The Hall–Kier alpha value is -1.55. The van der Waals surface area contributed by atoms with Gasteiger partial charge in [0.05, 0.1) is 5.69 Å². The van der Waals surface area contributed by atoms with Crippen LogP contribution in [0.15, 0.2) is 46.9 Å². The largest absolute Gasteiger partial charge is 0.399 e. The van der Waals surface area contributed by atoms with Crippen molar-refractivity contribution in [2.45, 2.75) is 6.54 Å². The van der Waals surface area contributed by atoms with Crippen molar-refractivity contribution < 1.29 is 4.39 Å². The van der Waals surface area contributed by atoms with E-state index in [4.69, 9.17) is 5.73 Å². The minimum absolute atomic E-state index is 0.184. The summed E-state index contributed by atoms with van der Waals surface area (Å²) < 4.78 is 14.5. The van der Waals surface area contributed by atoms with Gasteiger partial charge in [-0.15, -0.1) is 0 Å².